The number of rotatable bonds is 2. The van der Waals surface area contributed by atoms with Crippen LogP contribution in [-0.2, 0) is 11.2 Å². The third-order valence-electron chi connectivity index (χ3n) is 3.56. The molecule has 0 radical (unpaired) electrons. The van der Waals surface area contributed by atoms with Crippen LogP contribution in [0.2, 0.25) is 0 Å². The Labute approximate surface area is 121 Å². The number of nitrogens with one attached hydrogen (secondary N) is 1. The van der Waals surface area contributed by atoms with Crippen LogP contribution < -0.4 is 5.32 Å². The van der Waals surface area contributed by atoms with Crippen LogP contribution in [0, 0.1) is 13.8 Å². The average molecular weight is 276 g/mol. The van der Waals surface area contributed by atoms with E-state index < -0.39 is 0 Å². The highest BCUT2D eigenvalue weighted by Crippen LogP contribution is 2.29. The van der Waals surface area contributed by atoms with Gasteiger partial charge in [0.15, 0.2) is 5.17 Å². The van der Waals surface area contributed by atoms with Crippen molar-refractivity contribution in [2.75, 3.05) is 13.1 Å². The number of nitrogens with zero attached hydrogens (tertiary/aromatic N) is 1. The van der Waals surface area contributed by atoms with E-state index in [2.05, 4.69) is 57.1 Å². The van der Waals surface area contributed by atoms with Crippen LogP contribution in [0.25, 0.3) is 0 Å². The van der Waals surface area contributed by atoms with Gasteiger partial charge in [-0.3, -0.25) is 4.99 Å². The Morgan fingerprint density at radius 3 is 2.32 bits per heavy atom. The summed E-state index contributed by atoms with van der Waals surface area (Å²) in [7, 11) is 0. The molecule has 2 rings (SSSR count). The minimum atomic E-state index is 0.221. The molecule has 0 saturated carbocycles. The SMILES string of the molecule is Cc1cc(C(C)(C)C)cc(C)c1CSC1=NCCN1. The Hall–Kier alpha value is -0.960. The molecule has 0 atom stereocenters. The van der Waals surface area contributed by atoms with E-state index in [0.29, 0.717) is 0 Å². The Bertz CT molecular complexity index is 475. The van der Waals surface area contributed by atoms with Gasteiger partial charge in [-0.05, 0) is 41.5 Å². The maximum absolute atomic E-state index is 4.44. The fraction of sp³-hybridized carbons (Fsp3) is 0.562. The van der Waals surface area contributed by atoms with Gasteiger partial charge in [-0.25, -0.2) is 0 Å². The number of amidine groups is 1. The van der Waals surface area contributed by atoms with E-state index in [1.165, 1.54) is 22.3 Å². The van der Waals surface area contributed by atoms with Crippen molar-refractivity contribution in [3.63, 3.8) is 0 Å². The summed E-state index contributed by atoms with van der Waals surface area (Å²) in [4.78, 5) is 4.44. The van der Waals surface area contributed by atoms with Crippen LogP contribution in [0.15, 0.2) is 17.1 Å². The maximum Gasteiger partial charge on any atom is 0.157 e. The van der Waals surface area contributed by atoms with Crippen LogP contribution in [0.4, 0.5) is 0 Å². The summed E-state index contributed by atoms with van der Waals surface area (Å²) >= 11 is 1.82. The number of hydrogen-bond donors (Lipinski definition) is 1. The van der Waals surface area contributed by atoms with Crippen LogP contribution in [0.5, 0.6) is 0 Å². The van der Waals surface area contributed by atoms with Gasteiger partial charge in [-0.1, -0.05) is 44.7 Å². The second-order valence-electron chi connectivity index (χ2n) is 6.24. The van der Waals surface area contributed by atoms with E-state index in [1.54, 1.807) is 0 Å². The lowest BCUT2D eigenvalue weighted by atomic mass is 9.84. The second kappa shape index (κ2) is 5.58. The first kappa shape index (κ1) is 14.4. The van der Waals surface area contributed by atoms with Gasteiger partial charge in [0.2, 0.25) is 0 Å². The predicted molar refractivity (Wildman–Crippen MR) is 86.2 cm³/mol. The van der Waals surface area contributed by atoms with E-state index >= 15 is 0 Å². The largest absolute Gasteiger partial charge is 0.363 e. The highest BCUT2D eigenvalue weighted by atomic mass is 32.2. The average Bonchev–Trinajstić information content (AvgIpc) is 2.79. The standard InChI is InChI=1S/C16H24N2S/c1-11-8-13(16(3,4)5)9-12(2)14(11)10-19-15-17-6-7-18-15/h8-9H,6-7,10H2,1-5H3,(H,17,18). The van der Waals surface area contributed by atoms with Crippen molar-refractivity contribution >= 4 is 16.9 Å². The quantitative estimate of drug-likeness (QED) is 0.888. The molecule has 3 heteroatoms. The first-order chi connectivity index (χ1) is 8.88. The van der Waals surface area contributed by atoms with Gasteiger partial charge in [-0.15, -0.1) is 0 Å². The highest BCUT2D eigenvalue weighted by Gasteiger charge is 2.16. The van der Waals surface area contributed by atoms with E-state index in [9.17, 15) is 0 Å². The van der Waals surface area contributed by atoms with Crippen molar-refractivity contribution in [3.05, 3.63) is 34.4 Å². The van der Waals surface area contributed by atoms with E-state index in [-0.39, 0.29) is 5.41 Å². The molecule has 1 N–H and O–H groups in total. The summed E-state index contributed by atoms with van der Waals surface area (Å²) in [6, 6.07) is 4.68. The number of thioether (sulfide) groups is 1. The number of hydrogen-bond acceptors (Lipinski definition) is 3. The van der Waals surface area contributed by atoms with Gasteiger partial charge in [0.05, 0.1) is 6.54 Å². The van der Waals surface area contributed by atoms with Gasteiger partial charge in [0.25, 0.3) is 0 Å². The normalized spacial score (nSPS) is 15.3. The maximum atomic E-state index is 4.44. The Morgan fingerprint density at radius 2 is 1.84 bits per heavy atom. The lowest BCUT2D eigenvalue weighted by Gasteiger charge is -2.22. The Balaban J connectivity index is 2.17. The monoisotopic (exact) mass is 276 g/mol. The summed E-state index contributed by atoms with van der Waals surface area (Å²) in [6.45, 7) is 13.2. The third kappa shape index (κ3) is 3.53. The molecule has 1 aromatic carbocycles. The Kier molecular flexibility index (Phi) is 4.24. The molecule has 1 aliphatic rings. The molecular weight excluding hydrogens is 252 g/mol. The molecule has 104 valence electrons. The van der Waals surface area contributed by atoms with Gasteiger partial charge in [0.1, 0.15) is 0 Å². The fourth-order valence-electron chi connectivity index (χ4n) is 2.27. The summed E-state index contributed by atoms with van der Waals surface area (Å²) in [5, 5.41) is 4.41. The molecule has 1 heterocycles. The molecule has 0 unspecified atom stereocenters. The van der Waals surface area contributed by atoms with Crippen LogP contribution in [0.3, 0.4) is 0 Å². The van der Waals surface area contributed by atoms with Crippen molar-refractivity contribution in [1.82, 2.24) is 5.32 Å². The molecule has 2 nitrogen and oxygen atoms in total. The molecule has 0 spiro atoms. The molecule has 19 heavy (non-hydrogen) atoms. The molecule has 1 aromatic rings. The zero-order chi connectivity index (χ0) is 14.0. The van der Waals surface area contributed by atoms with Gasteiger partial charge in [0, 0.05) is 12.3 Å². The van der Waals surface area contributed by atoms with Gasteiger partial charge >= 0.3 is 0 Å². The molecule has 0 bridgehead atoms. The lowest BCUT2D eigenvalue weighted by Crippen LogP contribution is -2.15. The molecule has 0 aromatic heterocycles. The molecule has 0 saturated heterocycles. The van der Waals surface area contributed by atoms with E-state index in [1.807, 2.05) is 11.8 Å². The zero-order valence-electron chi connectivity index (χ0n) is 12.6. The minimum Gasteiger partial charge on any atom is -0.363 e. The zero-order valence-corrected chi connectivity index (χ0v) is 13.4. The molecule has 0 fully saturated rings. The van der Waals surface area contributed by atoms with Crippen molar-refractivity contribution in [1.29, 1.82) is 0 Å². The van der Waals surface area contributed by atoms with Crippen molar-refractivity contribution < 1.29 is 0 Å². The summed E-state index contributed by atoms with van der Waals surface area (Å²) in [5.74, 6) is 1.01. The fourth-order valence-corrected chi connectivity index (χ4v) is 3.39. The minimum absolute atomic E-state index is 0.221. The predicted octanol–water partition coefficient (Wildman–Crippen LogP) is 3.79. The van der Waals surface area contributed by atoms with Crippen molar-refractivity contribution in [2.24, 2.45) is 4.99 Å². The molecule has 0 aliphatic carbocycles. The first-order valence-electron chi connectivity index (χ1n) is 6.89. The smallest absolute Gasteiger partial charge is 0.157 e. The summed E-state index contributed by atoms with van der Waals surface area (Å²) < 4.78 is 0. The summed E-state index contributed by atoms with van der Waals surface area (Å²) in [6.07, 6.45) is 0. The van der Waals surface area contributed by atoms with Gasteiger partial charge in [-0.2, -0.15) is 0 Å². The molecule has 0 amide bonds. The topological polar surface area (TPSA) is 24.4 Å². The van der Waals surface area contributed by atoms with Gasteiger partial charge < -0.3 is 5.32 Å². The number of aliphatic imine (C=N–C) groups is 1. The van der Waals surface area contributed by atoms with Crippen molar-refractivity contribution in [2.45, 2.75) is 45.8 Å². The van der Waals surface area contributed by atoms with Crippen LogP contribution >= 0.6 is 11.8 Å². The van der Waals surface area contributed by atoms with E-state index in [4.69, 9.17) is 0 Å². The second-order valence-corrected chi connectivity index (χ2v) is 7.20. The van der Waals surface area contributed by atoms with Crippen LogP contribution in [-0.4, -0.2) is 18.3 Å². The van der Waals surface area contributed by atoms with Crippen LogP contribution in [0.1, 0.15) is 43.0 Å². The number of benzene rings is 1. The summed E-state index contributed by atoms with van der Waals surface area (Å²) in [5.41, 5.74) is 5.90. The highest BCUT2D eigenvalue weighted by molar-refractivity contribution is 8.13. The molecular formula is C16H24N2S. The van der Waals surface area contributed by atoms with Crippen molar-refractivity contribution in [3.8, 4) is 0 Å². The lowest BCUT2D eigenvalue weighted by molar-refractivity contribution is 0.589. The first-order valence-corrected chi connectivity index (χ1v) is 7.88. The van der Waals surface area contributed by atoms with E-state index in [0.717, 1.165) is 24.0 Å². The molecule has 1 aliphatic heterocycles. The third-order valence-corrected chi connectivity index (χ3v) is 4.54. The number of aryl methyl sites for hydroxylation is 2. The Morgan fingerprint density at radius 1 is 1.21 bits per heavy atom.